The van der Waals surface area contributed by atoms with E-state index in [0.717, 1.165) is 5.92 Å². The van der Waals surface area contributed by atoms with Crippen molar-refractivity contribution in [1.29, 1.82) is 0 Å². The molecule has 56 valence electrons. The summed E-state index contributed by atoms with van der Waals surface area (Å²) in [4.78, 5) is 0. The highest BCUT2D eigenvalue weighted by Gasteiger charge is 1.95. The first kappa shape index (κ1) is 7.80. The summed E-state index contributed by atoms with van der Waals surface area (Å²) in [6.07, 6.45) is 2.57. The van der Waals surface area contributed by atoms with Crippen molar-refractivity contribution < 1.29 is 0 Å². The Morgan fingerprint density at radius 1 is 1.50 bits per heavy atom. The van der Waals surface area contributed by atoms with Gasteiger partial charge in [0, 0.05) is 0 Å². The molecular formula is C9H14S. The lowest BCUT2D eigenvalue weighted by Gasteiger charge is -2.00. The zero-order valence-corrected chi connectivity index (χ0v) is 7.45. The molecule has 1 rings (SSSR count). The van der Waals surface area contributed by atoms with Crippen LogP contribution >= 0.6 is 11.3 Å². The molecular weight excluding hydrogens is 140 g/mol. The lowest BCUT2D eigenvalue weighted by molar-refractivity contribution is 0.587. The van der Waals surface area contributed by atoms with Gasteiger partial charge in [-0.05, 0) is 41.1 Å². The van der Waals surface area contributed by atoms with Gasteiger partial charge in [0.2, 0.25) is 0 Å². The second-order valence-electron chi connectivity index (χ2n) is 3.06. The molecule has 0 bridgehead atoms. The molecule has 0 amide bonds. The van der Waals surface area contributed by atoms with Crippen LogP contribution in [0.4, 0.5) is 0 Å². The smallest absolute Gasteiger partial charge is 0.00613 e. The van der Waals surface area contributed by atoms with E-state index >= 15 is 0 Å². The molecule has 0 saturated carbocycles. The molecule has 0 aromatic carbocycles. The summed E-state index contributed by atoms with van der Waals surface area (Å²) in [6.45, 7) is 4.54. The molecule has 0 atom stereocenters. The fourth-order valence-electron chi connectivity index (χ4n) is 0.890. The number of hydrogen-bond donors (Lipinski definition) is 0. The molecule has 0 aliphatic rings. The first-order valence-corrected chi connectivity index (χ1v) is 4.74. The number of hydrogen-bond acceptors (Lipinski definition) is 1. The van der Waals surface area contributed by atoms with Crippen LogP contribution in [0.1, 0.15) is 25.8 Å². The van der Waals surface area contributed by atoms with E-state index in [1.165, 1.54) is 18.4 Å². The zero-order valence-electron chi connectivity index (χ0n) is 6.63. The van der Waals surface area contributed by atoms with Crippen molar-refractivity contribution in [2.45, 2.75) is 26.7 Å². The normalized spacial score (nSPS) is 10.7. The van der Waals surface area contributed by atoms with E-state index in [4.69, 9.17) is 0 Å². The van der Waals surface area contributed by atoms with Gasteiger partial charge in [0.05, 0.1) is 0 Å². The lowest BCUT2D eigenvalue weighted by atomic mass is 10.1. The molecule has 0 aliphatic heterocycles. The van der Waals surface area contributed by atoms with Crippen LogP contribution in [0.15, 0.2) is 16.8 Å². The predicted molar refractivity (Wildman–Crippen MR) is 47.5 cm³/mol. The molecule has 0 radical (unpaired) electrons. The van der Waals surface area contributed by atoms with Crippen molar-refractivity contribution in [2.75, 3.05) is 0 Å². The molecule has 0 N–H and O–H groups in total. The van der Waals surface area contributed by atoms with Crippen molar-refractivity contribution in [1.82, 2.24) is 0 Å². The van der Waals surface area contributed by atoms with Crippen LogP contribution in [-0.4, -0.2) is 0 Å². The Bertz CT molecular complexity index is 163. The van der Waals surface area contributed by atoms with Crippen LogP contribution in [0.2, 0.25) is 0 Å². The number of thiophene rings is 1. The third-order valence-electron chi connectivity index (χ3n) is 1.59. The Morgan fingerprint density at radius 2 is 2.30 bits per heavy atom. The maximum atomic E-state index is 2.27. The molecule has 1 aromatic rings. The van der Waals surface area contributed by atoms with Crippen LogP contribution in [0.3, 0.4) is 0 Å². The standard InChI is InChI=1S/C9H14S/c1-8(2)3-4-9-5-6-10-7-9/h5-8H,3-4H2,1-2H3. The minimum atomic E-state index is 0.833. The van der Waals surface area contributed by atoms with Crippen LogP contribution in [0.5, 0.6) is 0 Å². The molecule has 10 heavy (non-hydrogen) atoms. The predicted octanol–water partition coefficient (Wildman–Crippen LogP) is 3.34. The Hall–Kier alpha value is -0.300. The van der Waals surface area contributed by atoms with Gasteiger partial charge in [-0.2, -0.15) is 11.3 Å². The van der Waals surface area contributed by atoms with Gasteiger partial charge in [0.1, 0.15) is 0 Å². The van der Waals surface area contributed by atoms with Gasteiger partial charge < -0.3 is 0 Å². The van der Waals surface area contributed by atoms with Gasteiger partial charge in [-0.25, -0.2) is 0 Å². The molecule has 0 aliphatic carbocycles. The van der Waals surface area contributed by atoms with Gasteiger partial charge in [-0.1, -0.05) is 13.8 Å². The maximum absolute atomic E-state index is 2.27. The third-order valence-corrected chi connectivity index (χ3v) is 2.32. The largest absolute Gasteiger partial charge is 0.152 e. The van der Waals surface area contributed by atoms with Crippen LogP contribution in [0, 0.1) is 5.92 Å². The van der Waals surface area contributed by atoms with E-state index in [9.17, 15) is 0 Å². The molecule has 1 aromatic heterocycles. The fourth-order valence-corrected chi connectivity index (χ4v) is 1.59. The maximum Gasteiger partial charge on any atom is -0.00613 e. The second-order valence-corrected chi connectivity index (χ2v) is 3.84. The summed E-state index contributed by atoms with van der Waals surface area (Å²) in [5.41, 5.74) is 1.50. The highest BCUT2D eigenvalue weighted by molar-refractivity contribution is 7.07. The van der Waals surface area contributed by atoms with Crippen molar-refractivity contribution in [2.24, 2.45) is 5.92 Å². The summed E-state index contributed by atoms with van der Waals surface area (Å²) in [5.74, 6) is 0.833. The van der Waals surface area contributed by atoms with Crippen LogP contribution in [0.25, 0.3) is 0 Å². The second kappa shape index (κ2) is 3.77. The molecule has 1 heteroatoms. The van der Waals surface area contributed by atoms with Crippen molar-refractivity contribution in [3.05, 3.63) is 22.4 Å². The Morgan fingerprint density at radius 3 is 2.80 bits per heavy atom. The highest BCUT2D eigenvalue weighted by Crippen LogP contribution is 2.11. The SMILES string of the molecule is CC(C)CCc1ccsc1. The molecule has 0 saturated heterocycles. The molecule has 0 nitrogen and oxygen atoms in total. The Balaban J connectivity index is 2.28. The summed E-state index contributed by atoms with van der Waals surface area (Å²) >= 11 is 1.79. The van der Waals surface area contributed by atoms with Gasteiger partial charge >= 0.3 is 0 Å². The van der Waals surface area contributed by atoms with Gasteiger partial charge in [-0.15, -0.1) is 0 Å². The monoisotopic (exact) mass is 154 g/mol. The molecule has 1 heterocycles. The number of rotatable bonds is 3. The van der Waals surface area contributed by atoms with E-state index in [-0.39, 0.29) is 0 Å². The van der Waals surface area contributed by atoms with E-state index in [1.54, 1.807) is 11.3 Å². The Labute approximate surface area is 66.9 Å². The minimum absolute atomic E-state index is 0.833. The summed E-state index contributed by atoms with van der Waals surface area (Å²) in [6, 6.07) is 2.22. The van der Waals surface area contributed by atoms with Gasteiger partial charge in [0.15, 0.2) is 0 Å². The Kier molecular flexibility index (Phi) is 2.94. The quantitative estimate of drug-likeness (QED) is 0.626. The van der Waals surface area contributed by atoms with E-state index in [2.05, 4.69) is 30.7 Å². The first-order chi connectivity index (χ1) is 4.79. The van der Waals surface area contributed by atoms with Crippen molar-refractivity contribution in [3.8, 4) is 0 Å². The molecule has 0 spiro atoms. The average Bonchev–Trinajstić information content (AvgIpc) is 2.34. The topological polar surface area (TPSA) is 0 Å². The van der Waals surface area contributed by atoms with Gasteiger partial charge in [-0.3, -0.25) is 0 Å². The van der Waals surface area contributed by atoms with Crippen molar-refractivity contribution in [3.63, 3.8) is 0 Å². The van der Waals surface area contributed by atoms with Crippen LogP contribution < -0.4 is 0 Å². The van der Waals surface area contributed by atoms with Crippen LogP contribution in [-0.2, 0) is 6.42 Å². The van der Waals surface area contributed by atoms with E-state index < -0.39 is 0 Å². The van der Waals surface area contributed by atoms with Gasteiger partial charge in [0.25, 0.3) is 0 Å². The number of aryl methyl sites for hydroxylation is 1. The highest BCUT2D eigenvalue weighted by atomic mass is 32.1. The summed E-state index contributed by atoms with van der Waals surface area (Å²) in [7, 11) is 0. The first-order valence-electron chi connectivity index (χ1n) is 3.80. The minimum Gasteiger partial charge on any atom is -0.152 e. The molecule has 0 fully saturated rings. The fraction of sp³-hybridized carbons (Fsp3) is 0.556. The molecule has 0 unspecified atom stereocenters. The third kappa shape index (κ3) is 2.53. The average molecular weight is 154 g/mol. The van der Waals surface area contributed by atoms with E-state index in [0.29, 0.717) is 0 Å². The zero-order chi connectivity index (χ0) is 7.40. The van der Waals surface area contributed by atoms with Crippen molar-refractivity contribution >= 4 is 11.3 Å². The lowest BCUT2D eigenvalue weighted by Crippen LogP contribution is -1.89. The summed E-state index contributed by atoms with van der Waals surface area (Å²) in [5, 5.41) is 4.39. The summed E-state index contributed by atoms with van der Waals surface area (Å²) < 4.78 is 0. The van der Waals surface area contributed by atoms with E-state index in [1.807, 2.05) is 0 Å².